The van der Waals surface area contributed by atoms with Crippen LogP contribution < -0.4 is 4.90 Å². The minimum absolute atomic E-state index is 0.121. The first-order valence-electron chi connectivity index (χ1n) is 7.63. The number of nitrogens with zero attached hydrogens (tertiary/aromatic N) is 2. The molecule has 1 fully saturated rings. The van der Waals surface area contributed by atoms with Crippen molar-refractivity contribution in [1.82, 2.24) is 0 Å². The van der Waals surface area contributed by atoms with Gasteiger partial charge >= 0.3 is 5.69 Å². The van der Waals surface area contributed by atoms with E-state index in [2.05, 4.69) is 11.8 Å². The molecule has 21 heavy (non-hydrogen) atoms. The van der Waals surface area contributed by atoms with Crippen molar-refractivity contribution in [2.75, 3.05) is 11.9 Å². The second kappa shape index (κ2) is 6.75. The van der Waals surface area contributed by atoms with Gasteiger partial charge in [0, 0.05) is 24.0 Å². The fourth-order valence-corrected chi connectivity index (χ4v) is 4.18. The summed E-state index contributed by atoms with van der Waals surface area (Å²) < 4.78 is 0. The van der Waals surface area contributed by atoms with E-state index in [0.29, 0.717) is 15.9 Å². The second-order valence-electron chi connectivity index (χ2n) is 5.97. The van der Waals surface area contributed by atoms with Crippen molar-refractivity contribution in [3.63, 3.8) is 0 Å². The maximum atomic E-state index is 11.2. The summed E-state index contributed by atoms with van der Waals surface area (Å²) in [6, 6.07) is 1.88. The van der Waals surface area contributed by atoms with Gasteiger partial charge in [0.1, 0.15) is 0 Å². The van der Waals surface area contributed by atoms with Gasteiger partial charge in [-0.3, -0.25) is 10.1 Å². The zero-order valence-electron chi connectivity index (χ0n) is 12.9. The molecule has 1 aliphatic carbocycles. The topological polar surface area (TPSA) is 66.6 Å². The molecule has 0 aliphatic heterocycles. The van der Waals surface area contributed by atoms with E-state index in [1.165, 1.54) is 36.7 Å². The highest BCUT2D eigenvalue weighted by atomic mass is 32.1. The molecule has 0 saturated heterocycles. The van der Waals surface area contributed by atoms with Crippen LogP contribution >= 0.6 is 11.3 Å². The highest BCUT2D eigenvalue weighted by Gasteiger charge is 2.29. The SMILES string of the molecule is CCC1CCC(N(C)c2sc([C@@H](C)O)cc2[N+](=O)[O-])CC1. The van der Waals surface area contributed by atoms with Crippen LogP contribution in [-0.2, 0) is 0 Å². The molecule has 0 aromatic carbocycles. The lowest BCUT2D eigenvalue weighted by Gasteiger charge is -2.34. The molecular formula is C15H24N2O3S. The molecule has 0 amide bonds. The van der Waals surface area contributed by atoms with E-state index in [1.54, 1.807) is 6.92 Å². The van der Waals surface area contributed by atoms with E-state index in [-0.39, 0.29) is 10.6 Å². The van der Waals surface area contributed by atoms with Crippen molar-refractivity contribution < 1.29 is 10.0 Å². The minimum Gasteiger partial charge on any atom is -0.388 e. The summed E-state index contributed by atoms with van der Waals surface area (Å²) in [6.45, 7) is 3.87. The van der Waals surface area contributed by atoms with E-state index in [0.717, 1.165) is 18.8 Å². The van der Waals surface area contributed by atoms with Crippen molar-refractivity contribution in [3.8, 4) is 0 Å². The van der Waals surface area contributed by atoms with Crippen molar-refractivity contribution in [3.05, 3.63) is 21.1 Å². The Labute approximate surface area is 129 Å². The normalized spacial score (nSPS) is 23.8. The van der Waals surface area contributed by atoms with Crippen LogP contribution in [0, 0.1) is 16.0 Å². The van der Waals surface area contributed by atoms with E-state index in [4.69, 9.17) is 0 Å². The molecule has 1 heterocycles. The standard InChI is InChI=1S/C15H24N2O3S/c1-4-11-5-7-12(8-6-11)16(3)15-13(17(19)20)9-14(21-15)10(2)18/h9-12,18H,4-8H2,1-3H3/t10-,11?,12?/m1/s1. The molecule has 1 saturated carbocycles. The summed E-state index contributed by atoms with van der Waals surface area (Å²) in [6.07, 6.45) is 5.15. The number of thiophene rings is 1. The van der Waals surface area contributed by atoms with Crippen molar-refractivity contribution in [2.24, 2.45) is 5.92 Å². The maximum absolute atomic E-state index is 11.2. The summed E-state index contributed by atoms with van der Waals surface area (Å²) in [5.74, 6) is 0.806. The molecule has 2 rings (SSSR count). The summed E-state index contributed by atoms with van der Waals surface area (Å²) in [5, 5.41) is 21.6. The van der Waals surface area contributed by atoms with Gasteiger partial charge in [-0.2, -0.15) is 0 Å². The van der Waals surface area contributed by atoms with Gasteiger partial charge in [-0.1, -0.05) is 13.3 Å². The fraction of sp³-hybridized carbons (Fsp3) is 0.733. The number of aliphatic hydroxyl groups excluding tert-OH is 1. The lowest BCUT2D eigenvalue weighted by molar-refractivity contribution is -0.383. The van der Waals surface area contributed by atoms with E-state index in [1.807, 2.05) is 7.05 Å². The van der Waals surface area contributed by atoms with Gasteiger partial charge in [-0.25, -0.2) is 0 Å². The molecule has 118 valence electrons. The van der Waals surface area contributed by atoms with Crippen LogP contribution in [-0.4, -0.2) is 23.1 Å². The molecule has 1 aromatic heterocycles. The highest BCUT2D eigenvalue weighted by Crippen LogP contribution is 2.42. The summed E-state index contributed by atoms with van der Waals surface area (Å²) >= 11 is 1.34. The predicted octanol–water partition coefficient (Wildman–Crippen LogP) is 4.11. The maximum Gasteiger partial charge on any atom is 0.304 e. The monoisotopic (exact) mass is 312 g/mol. The fourth-order valence-electron chi connectivity index (χ4n) is 3.09. The average Bonchev–Trinajstić information content (AvgIpc) is 2.92. The Hall–Kier alpha value is -1.14. The van der Waals surface area contributed by atoms with E-state index >= 15 is 0 Å². The van der Waals surface area contributed by atoms with Gasteiger partial charge in [-0.15, -0.1) is 11.3 Å². The Morgan fingerprint density at radius 3 is 2.57 bits per heavy atom. The molecule has 5 nitrogen and oxygen atoms in total. The molecule has 0 unspecified atom stereocenters. The van der Waals surface area contributed by atoms with Crippen LogP contribution in [0.3, 0.4) is 0 Å². The molecule has 6 heteroatoms. The number of aliphatic hydroxyl groups is 1. The third-order valence-electron chi connectivity index (χ3n) is 4.58. The first kappa shape index (κ1) is 16.2. The third kappa shape index (κ3) is 3.55. The van der Waals surface area contributed by atoms with Crippen LogP contribution in [0.2, 0.25) is 0 Å². The van der Waals surface area contributed by atoms with Crippen LogP contribution in [0.5, 0.6) is 0 Å². The first-order valence-corrected chi connectivity index (χ1v) is 8.44. The van der Waals surface area contributed by atoms with Gasteiger partial charge in [0.2, 0.25) is 0 Å². The largest absolute Gasteiger partial charge is 0.388 e. The lowest BCUT2D eigenvalue weighted by atomic mass is 9.84. The molecule has 0 bridgehead atoms. The van der Waals surface area contributed by atoms with Gasteiger partial charge in [0.25, 0.3) is 0 Å². The molecular weight excluding hydrogens is 288 g/mol. The van der Waals surface area contributed by atoms with E-state index in [9.17, 15) is 15.2 Å². The first-order chi connectivity index (χ1) is 9.93. The number of rotatable bonds is 5. The van der Waals surface area contributed by atoms with E-state index < -0.39 is 6.10 Å². The number of hydrogen-bond acceptors (Lipinski definition) is 5. The number of anilines is 1. The predicted molar refractivity (Wildman–Crippen MR) is 86.0 cm³/mol. The highest BCUT2D eigenvalue weighted by molar-refractivity contribution is 7.16. The van der Waals surface area contributed by atoms with Gasteiger partial charge in [-0.05, 0) is 38.5 Å². The Morgan fingerprint density at radius 2 is 2.10 bits per heavy atom. The molecule has 0 radical (unpaired) electrons. The van der Waals surface area contributed by atoms with Crippen molar-refractivity contribution in [1.29, 1.82) is 0 Å². The molecule has 1 aliphatic rings. The van der Waals surface area contributed by atoms with Crippen LogP contribution in [0.4, 0.5) is 10.7 Å². The van der Waals surface area contributed by atoms with Crippen molar-refractivity contribution >= 4 is 22.0 Å². The third-order valence-corrected chi connectivity index (χ3v) is 5.97. The minimum atomic E-state index is -0.660. The molecule has 1 atom stereocenters. The Bertz CT molecular complexity index is 493. The molecule has 1 aromatic rings. The molecule has 0 spiro atoms. The van der Waals surface area contributed by atoms with Crippen molar-refractivity contribution in [2.45, 2.75) is 58.1 Å². The summed E-state index contributed by atoms with van der Waals surface area (Å²) in [5.41, 5.74) is 0.121. The second-order valence-corrected chi connectivity index (χ2v) is 7.03. The Morgan fingerprint density at radius 1 is 1.48 bits per heavy atom. The van der Waals surface area contributed by atoms with Gasteiger partial charge in [0.15, 0.2) is 5.00 Å². The molecule has 1 N–H and O–H groups in total. The van der Waals surface area contributed by atoms with Crippen LogP contribution in [0.15, 0.2) is 6.07 Å². The zero-order chi connectivity index (χ0) is 15.6. The van der Waals surface area contributed by atoms with Crippen LogP contribution in [0.1, 0.15) is 56.9 Å². The lowest BCUT2D eigenvalue weighted by Crippen LogP contribution is -2.34. The number of hydrogen-bond donors (Lipinski definition) is 1. The summed E-state index contributed by atoms with van der Waals surface area (Å²) in [4.78, 5) is 13.6. The van der Waals surface area contributed by atoms with Crippen LogP contribution in [0.25, 0.3) is 0 Å². The average molecular weight is 312 g/mol. The van der Waals surface area contributed by atoms with Gasteiger partial charge in [0.05, 0.1) is 11.0 Å². The summed E-state index contributed by atoms with van der Waals surface area (Å²) in [7, 11) is 1.95. The number of nitro groups is 1. The van der Waals surface area contributed by atoms with Gasteiger partial charge < -0.3 is 10.0 Å². The smallest absolute Gasteiger partial charge is 0.304 e. The zero-order valence-corrected chi connectivity index (χ0v) is 13.7. The Balaban J connectivity index is 2.18. The Kier molecular flexibility index (Phi) is 5.22. The quantitative estimate of drug-likeness (QED) is 0.656.